The van der Waals surface area contributed by atoms with Crippen molar-refractivity contribution in [3.05, 3.63) is 35.4 Å². The van der Waals surface area contributed by atoms with Gasteiger partial charge in [-0.25, -0.2) is 0 Å². The summed E-state index contributed by atoms with van der Waals surface area (Å²) in [6.45, 7) is 1.93. The van der Waals surface area contributed by atoms with Crippen molar-refractivity contribution in [1.82, 2.24) is 0 Å². The van der Waals surface area contributed by atoms with Crippen LogP contribution in [-0.2, 0) is 0 Å². The third-order valence-electron chi connectivity index (χ3n) is 3.48. The fourth-order valence-electron chi connectivity index (χ4n) is 2.17. The second kappa shape index (κ2) is 3.78. The van der Waals surface area contributed by atoms with E-state index in [4.69, 9.17) is 0 Å². The molecule has 0 aromatic heterocycles. The number of aliphatic hydroxyl groups is 1. The van der Waals surface area contributed by atoms with E-state index < -0.39 is 5.41 Å². The average molecular weight is 204 g/mol. The van der Waals surface area contributed by atoms with Crippen LogP contribution < -0.4 is 0 Å². The highest BCUT2D eigenvalue weighted by Gasteiger charge is 2.43. The number of Topliss-reactive ketones (excluding diaryl/α,β-unsaturated/α-hetero) is 1. The van der Waals surface area contributed by atoms with Gasteiger partial charge in [-0.2, -0.15) is 0 Å². The van der Waals surface area contributed by atoms with Gasteiger partial charge >= 0.3 is 0 Å². The van der Waals surface area contributed by atoms with Crippen LogP contribution in [0.3, 0.4) is 0 Å². The van der Waals surface area contributed by atoms with Crippen molar-refractivity contribution in [2.24, 2.45) is 5.41 Å². The van der Waals surface area contributed by atoms with E-state index in [1.165, 1.54) is 0 Å². The quantitative estimate of drug-likeness (QED) is 0.767. The lowest BCUT2D eigenvalue weighted by molar-refractivity contribution is 0.0347. The lowest BCUT2D eigenvalue weighted by Gasteiger charge is -2.38. The molecule has 2 heteroatoms. The van der Waals surface area contributed by atoms with Crippen LogP contribution in [0.15, 0.2) is 24.3 Å². The largest absolute Gasteiger partial charge is 0.395 e. The highest BCUT2D eigenvalue weighted by atomic mass is 16.3. The zero-order chi connectivity index (χ0) is 10.9. The van der Waals surface area contributed by atoms with Gasteiger partial charge in [-0.15, -0.1) is 0 Å². The zero-order valence-electron chi connectivity index (χ0n) is 8.99. The molecule has 0 atom stereocenters. The van der Waals surface area contributed by atoms with Crippen molar-refractivity contribution in [1.29, 1.82) is 0 Å². The molecule has 1 aromatic carbocycles. The van der Waals surface area contributed by atoms with Gasteiger partial charge in [0, 0.05) is 5.56 Å². The Labute approximate surface area is 89.9 Å². The third-order valence-corrected chi connectivity index (χ3v) is 3.48. The Balaban J connectivity index is 2.32. The molecule has 0 bridgehead atoms. The second-order valence-corrected chi connectivity index (χ2v) is 4.44. The monoisotopic (exact) mass is 204 g/mol. The van der Waals surface area contributed by atoms with Crippen molar-refractivity contribution < 1.29 is 9.90 Å². The lowest BCUT2D eigenvalue weighted by Crippen LogP contribution is -2.41. The van der Waals surface area contributed by atoms with Gasteiger partial charge in [0.05, 0.1) is 12.0 Å². The smallest absolute Gasteiger partial charge is 0.171 e. The summed E-state index contributed by atoms with van der Waals surface area (Å²) >= 11 is 0. The summed E-state index contributed by atoms with van der Waals surface area (Å²) in [5, 5.41) is 9.34. The van der Waals surface area contributed by atoms with Gasteiger partial charge in [-0.3, -0.25) is 4.79 Å². The van der Waals surface area contributed by atoms with Crippen LogP contribution in [-0.4, -0.2) is 17.5 Å². The number of hydrogen-bond donors (Lipinski definition) is 1. The summed E-state index contributed by atoms with van der Waals surface area (Å²) < 4.78 is 0. The van der Waals surface area contributed by atoms with Crippen molar-refractivity contribution in [2.75, 3.05) is 6.61 Å². The molecule has 80 valence electrons. The minimum atomic E-state index is -0.466. The van der Waals surface area contributed by atoms with Crippen LogP contribution in [0, 0.1) is 12.3 Å². The molecule has 0 amide bonds. The number of carbonyl (C=O) groups is 1. The minimum absolute atomic E-state index is 0.0137. The molecule has 0 radical (unpaired) electrons. The van der Waals surface area contributed by atoms with Gasteiger partial charge in [-0.05, 0) is 25.3 Å². The first-order valence-electron chi connectivity index (χ1n) is 5.41. The van der Waals surface area contributed by atoms with Gasteiger partial charge in [0.25, 0.3) is 0 Å². The maximum atomic E-state index is 12.2. The number of ketones is 1. The van der Waals surface area contributed by atoms with Crippen LogP contribution in [0.5, 0.6) is 0 Å². The normalized spacial score (nSPS) is 18.3. The molecule has 0 saturated heterocycles. The summed E-state index contributed by atoms with van der Waals surface area (Å²) in [5.41, 5.74) is 1.31. The fourth-order valence-corrected chi connectivity index (χ4v) is 2.17. The van der Waals surface area contributed by atoms with E-state index in [1.54, 1.807) is 0 Å². The number of hydrogen-bond acceptors (Lipinski definition) is 2. The van der Waals surface area contributed by atoms with Gasteiger partial charge in [-0.1, -0.05) is 30.7 Å². The van der Waals surface area contributed by atoms with Crippen molar-refractivity contribution in [2.45, 2.75) is 26.2 Å². The molecule has 0 spiro atoms. The maximum absolute atomic E-state index is 12.2. The molecule has 0 aliphatic heterocycles. The first-order chi connectivity index (χ1) is 7.19. The number of carbonyl (C=O) groups excluding carboxylic acids is 1. The Bertz CT molecular complexity index is 372. The predicted molar refractivity (Wildman–Crippen MR) is 58.9 cm³/mol. The van der Waals surface area contributed by atoms with Crippen molar-refractivity contribution in [3.63, 3.8) is 0 Å². The van der Waals surface area contributed by atoms with Gasteiger partial charge in [0.15, 0.2) is 5.78 Å². The van der Waals surface area contributed by atoms with Crippen LogP contribution >= 0.6 is 0 Å². The predicted octanol–water partition coefficient (Wildman–Crippen LogP) is 2.34. The first kappa shape index (κ1) is 10.4. The molecule has 0 unspecified atom stereocenters. The topological polar surface area (TPSA) is 37.3 Å². The fraction of sp³-hybridized carbons (Fsp3) is 0.462. The highest BCUT2D eigenvalue weighted by Crippen LogP contribution is 2.43. The molecule has 1 N–H and O–H groups in total. The summed E-state index contributed by atoms with van der Waals surface area (Å²) in [7, 11) is 0. The Morgan fingerprint density at radius 3 is 2.53 bits per heavy atom. The number of aliphatic hydroxyl groups excluding tert-OH is 1. The number of benzene rings is 1. The van der Waals surface area contributed by atoms with E-state index in [-0.39, 0.29) is 12.4 Å². The van der Waals surface area contributed by atoms with Crippen LogP contribution in [0.2, 0.25) is 0 Å². The van der Waals surface area contributed by atoms with Gasteiger partial charge < -0.3 is 5.11 Å². The molecule has 2 nitrogen and oxygen atoms in total. The van der Waals surface area contributed by atoms with E-state index in [2.05, 4.69) is 0 Å². The lowest BCUT2D eigenvalue weighted by atomic mass is 9.65. The Morgan fingerprint density at radius 2 is 2.07 bits per heavy atom. The molecular weight excluding hydrogens is 188 g/mol. The van der Waals surface area contributed by atoms with Gasteiger partial charge in [0.1, 0.15) is 0 Å². The summed E-state index contributed by atoms with van der Waals surface area (Å²) in [6, 6.07) is 7.60. The molecule has 1 fully saturated rings. The van der Waals surface area contributed by atoms with E-state index in [0.717, 1.165) is 30.4 Å². The molecule has 0 heterocycles. The Morgan fingerprint density at radius 1 is 1.40 bits per heavy atom. The standard InChI is InChI=1S/C13H16O2/c1-10-5-2-3-6-11(10)12(15)13(9-14)7-4-8-13/h2-3,5-6,14H,4,7-9H2,1H3. The second-order valence-electron chi connectivity index (χ2n) is 4.44. The van der Waals surface area contributed by atoms with Crippen molar-refractivity contribution in [3.8, 4) is 0 Å². The third kappa shape index (κ3) is 1.59. The maximum Gasteiger partial charge on any atom is 0.171 e. The van der Waals surface area contributed by atoms with Gasteiger partial charge in [0.2, 0.25) is 0 Å². The van der Waals surface area contributed by atoms with Crippen LogP contribution in [0.25, 0.3) is 0 Å². The molecule has 1 aromatic rings. The number of aryl methyl sites for hydroxylation is 1. The SMILES string of the molecule is Cc1ccccc1C(=O)C1(CO)CCC1. The van der Waals surface area contributed by atoms with Crippen LogP contribution in [0.1, 0.15) is 35.2 Å². The minimum Gasteiger partial charge on any atom is -0.395 e. The number of rotatable bonds is 3. The molecule has 1 saturated carbocycles. The summed E-state index contributed by atoms with van der Waals surface area (Å²) in [5.74, 6) is 0.120. The van der Waals surface area contributed by atoms with E-state index in [0.29, 0.717) is 0 Å². The highest BCUT2D eigenvalue weighted by molar-refractivity contribution is 6.02. The van der Waals surface area contributed by atoms with E-state index >= 15 is 0 Å². The average Bonchev–Trinajstić information content (AvgIpc) is 2.17. The van der Waals surface area contributed by atoms with E-state index in [9.17, 15) is 9.90 Å². The molecule has 15 heavy (non-hydrogen) atoms. The molecule has 2 rings (SSSR count). The molecule has 1 aliphatic rings. The van der Waals surface area contributed by atoms with Crippen LogP contribution in [0.4, 0.5) is 0 Å². The zero-order valence-corrected chi connectivity index (χ0v) is 8.99. The summed E-state index contributed by atoms with van der Waals surface area (Å²) in [4.78, 5) is 12.2. The van der Waals surface area contributed by atoms with Crippen molar-refractivity contribution >= 4 is 5.78 Å². The molecular formula is C13H16O2. The summed E-state index contributed by atoms with van der Waals surface area (Å²) in [6.07, 6.45) is 2.71. The molecule has 1 aliphatic carbocycles. The first-order valence-corrected chi connectivity index (χ1v) is 5.41. The Hall–Kier alpha value is -1.15. The Kier molecular flexibility index (Phi) is 2.61. The van der Waals surface area contributed by atoms with E-state index in [1.807, 2.05) is 31.2 Å².